The van der Waals surface area contributed by atoms with Crippen molar-refractivity contribution in [1.29, 1.82) is 0 Å². The van der Waals surface area contributed by atoms with Crippen molar-refractivity contribution in [2.75, 3.05) is 0 Å². The molecule has 3 heteroatoms. The van der Waals surface area contributed by atoms with Crippen molar-refractivity contribution >= 4 is 11.8 Å². The first-order valence-electron chi connectivity index (χ1n) is 9.10. The van der Waals surface area contributed by atoms with Gasteiger partial charge in [0.1, 0.15) is 23.0 Å². The van der Waals surface area contributed by atoms with E-state index >= 15 is 0 Å². The molecule has 0 amide bonds. The zero-order chi connectivity index (χ0) is 19.2. The quantitative estimate of drug-likeness (QED) is 0.339. The fourth-order valence-electron chi connectivity index (χ4n) is 2.65. The molecular weight excluding hydrogens is 364 g/mol. The molecule has 4 rings (SSSR count). The highest BCUT2D eigenvalue weighted by molar-refractivity contribution is 7.99. The zero-order valence-corrected chi connectivity index (χ0v) is 16.4. The Labute approximate surface area is 169 Å². The van der Waals surface area contributed by atoms with Gasteiger partial charge in [0.05, 0.1) is 0 Å². The molecule has 0 N–H and O–H groups in total. The number of para-hydroxylation sites is 1. The van der Waals surface area contributed by atoms with E-state index in [0.717, 1.165) is 32.8 Å². The lowest BCUT2D eigenvalue weighted by Gasteiger charge is -2.08. The number of hydrogen-bond acceptors (Lipinski definition) is 3. The van der Waals surface area contributed by atoms with Crippen LogP contribution in [0.15, 0.2) is 113 Å². The molecule has 0 fully saturated rings. The summed E-state index contributed by atoms with van der Waals surface area (Å²) in [6.07, 6.45) is 0. The average Bonchev–Trinajstić information content (AvgIpc) is 2.73. The normalized spacial score (nSPS) is 10.5. The predicted molar refractivity (Wildman–Crippen MR) is 115 cm³/mol. The zero-order valence-electron chi connectivity index (χ0n) is 15.5. The van der Waals surface area contributed by atoms with E-state index in [1.165, 1.54) is 5.56 Å². The Morgan fingerprint density at radius 1 is 0.464 bits per heavy atom. The summed E-state index contributed by atoms with van der Waals surface area (Å²) in [5.41, 5.74) is 1.22. The summed E-state index contributed by atoms with van der Waals surface area (Å²) in [5.74, 6) is 3.35. The minimum absolute atomic E-state index is 0.831. The summed E-state index contributed by atoms with van der Waals surface area (Å²) in [6, 6.07) is 34.1. The molecule has 138 valence electrons. The molecule has 0 spiro atoms. The number of benzene rings is 4. The molecule has 0 unspecified atom stereocenters. The maximum Gasteiger partial charge on any atom is 0.127 e. The van der Waals surface area contributed by atoms with Gasteiger partial charge in [0.15, 0.2) is 0 Å². The van der Waals surface area contributed by atoms with Crippen LogP contribution in [-0.2, 0) is 0 Å². The first kappa shape index (κ1) is 18.2. The van der Waals surface area contributed by atoms with Crippen LogP contribution in [0.1, 0.15) is 5.56 Å². The Hall–Kier alpha value is -3.17. The third-order valence-corrected chi connectivity index (χ3v) is 5.13. The molecule has 0 radical (unpaired) electrons. The fourth-order valence-corrected chi connectivity index (χ4v) is 3.47. The van der Waals surface area contributed by atoms with Crippen LogP contribution in [0.5, 0.6) is 23.0 Å². The van der Waals surface area contributed by atoms with Crippen molar-refractivity contribution in [3.63, 3.8) is 0 Å². The highest BCUT2D eigenvalue weighted by Crippen LogP contribution is 2.32. The number of aryl methyl sites for hydroxylation is 1. The number of rotatable bonds is 6. The minimum Gasteiger partial charge on any atom is -0.457 e. The summed E-state index contributed by atoms with van der Waals surface area (Å²) >= 11 is 1.71. The molecule has 4 aromatic rings. The van der Waals surface area contributed by atoms with Crippen molar-refractivity contribution in [2.24, 2.45) is 0 Å². The van der Waals surface area contributed by atoms with Crippen molar-refractivity contribution in [3.05, 3.63) is 109 Å². The summed E-state index contributed by atoms with van der Waals surface area (Å²) in [6.45, 7) is 2.07. The maximum absolute atomic E-state index is 5.89. The third kappa shape index (κ3) is 4.96. The second kappa shape index (κ2) is 8.68. The minimum atomic E-state index is 0.831. The van der Waals surface area contributed by atoms with E-state index in [4.69, 9.17) is 9.47 Å². The maximum atomic E-state index is 5.89. The largest absolute Gasteiger partial charge is 0.457 e. The molecule has 0 aliphatic rings. The SMILES string of the molecule is Cc1ccc(Oc2ccc(Sc3ccc(Oc4ccccc4)cc3)cc2)cc1. The van der Waals surface area contributed by atoms with Crippen LogP contribution in [-0.4, -0.2) is 0 Å². The molecule has 4 aromatic carbocycles. The van der Waals surface area contributed by atoms with Crippen LogP contribution in [0.3, 0.4) is 0 Å². The highest BCUT2D eigenvalue weighted by Gasteiger charge is 2.02. The Kier molecular flexibility index (Phi) is 5.64. The van der Waals surface area contributed by atoms with Gasteiger partial charge in [-0.3, -0.25) is 0 Å². The Morgan fingerprint density at radius 3 is 1.32 bits per heavy atom. The average molecular weight is 385 g/mol. The van der Waals surface area contributed by atoms with E-state index < -0.39 is 0 Å². The van der Waals surface area contributed by atoms with E-state index in [2.05, 4.69) is 31.2 Å². The van der Waals surface area contributed by atoms with Gasteiger partial charge in [-0.2, -0.15) is 0 Å². The van der Waals surface area contributed by atoms with Crippen LogP contribution in [0.25, 0.3) is 0 Å². The second-order valence-electron chi connectivity index (χ2n) is 6.38. The van der Waals surface area contributed by atoms with Crippen molar-refractivity contribution in [2.45, 2.75) is 16.7 Å². The van der Waals surface area contributed by atoms with Gasteiger partial charge in [-0.25, -0.2) is 0 Å². The third-order valence-electron chi connectivity index (χ3n) is 4.12. The first-order valence-corrected chi connectivity index (χ1v) is 9.92. The van der Waals surface area contributed by atoms with Crippen molar-refractivity contribution < 1.29 is 9.47 Å². The van der Waals surface area contributed by atoms with E-state index in [9.17, 15) is 0 Å². The lowest BCUT2D eigenvalue weighted by atomic mass is 10.2. The Balaban J connectivity index is 1.36. The van der Waals surface area contributed by atoms with Crippen LogP contribution < -0.4 is 9.47 Å². The molecule has 0 heterocycles. The first-order chi connectivity index (χ1) is 13.7. The van der Waals surface area contributed by atoms with E-state index in [1.807, 2.05) is 78.9 Å². The monoisotopic (exact) mass is 384 g/mol. The molecular formula is C25H20O2S. The van der Waals surface area contributed by atoms with Crippen LogP contribution in [0.2, 0.25) is 0 Å². The van der Waals surface area contributed by atoms with Crippen LogP contribution in [0, 0.1) is 6.92 Å². The summed E-state index contributed by atoms with van der Waals surface area (Å²) in [7, 11) is 0. The molecule has 0 bridgehead atoms. The number of hydrogen-bond donors (Lipinski definition) is 0. The van der Waals surface area contributed by atoms with Gasteiger partial charge >= 0.3 is 0 Å². The lowest BCUT2D eigenvalue weighted by Crippen LogP contribution is -1.84. The standard InChI is InChI=1S/C25H20O2S/c1-19-7-9-21(10-8-19)27-23-13-17-25(18-14-23)28-24-15-11-22(12-16-24)26-20-5-3-2-4-6-20/h2-18H,1H3. The van der Waals surface area contributed by atoms with Crippen molar-refractivity contribution in [1.82, 2.24) is 0 Å². The van der Waals surface area contributed by atoms with E-state index in [0.29, 0.717) is 0 Å². The van der Waals surface area contributed by atoms with E-state index in [1.54, 1.807) is 11.8 Å². The van der Waals surface area contributed by atoms with Crippen molar-refractivity contribution in [3.8, 4) is 23.0 Å². The number of ether oxygens (including phenoxy) is 2. The van der Waals surface area contributed by atoms with E-state index in [-0.39, 0.29) is 0 Å². The molecule has 0 aromatic heterocycles. The Bertz CT molecular complexity index is 1010. The summed E-state index contributed by atoms with van der Waals surface area (Å²) in [4.78, 5) is 2.32. The van der Waals surface area contributed by atoms with Gasteiger partial charge in [-0.15, -0.1) is 0 Å². The molecule has 0 saturated heterocycles. The second-order valence-corrected chi connectivity index (χ2v) is 7.52. The topological polar surface area (TPSA) is 18.5 Å². The summed E-state index contributed by atoms with van der Waals surface area (Å²) in [5, 5.41) is 0. The van der Waals surface area contributed by atoms with Gasteiger partial charge in [-0.1, -0.05) is 47.7 Å². The van der Waals surface area contributed by atoms with Gasteiger partial charge in [-0.05, 0) is 79.7 Å². The fraction of sp³-hybridized carbons (Fsp3) is 0.0400. The van der Waals surface area contributed by atoms with Gasteiger partial charge in [0.2, 0.25) is 0 Å². The molecule has 0 atom stereocenters. The van der Waals surface area contributed by atoms with Crippen LogP contribution >= 0.6 is 11.8 Å². The van der Waals surface area contributed by atoms with Crippen LogP contribution in [0.4, 0.5) is 0 Å². The molecule has 28 heavy (non-hydrogen) atoms. The highest BCUT2D eigenvalue weighted by atomic mass is 32.2. The van der Waals surface area contributed by atoms with Gasteiger partial charge in [0, 0.05) is 9.79 Å². The molecule has 0 saturated carbocycles. The lowest BCUT2D eigenvalue weighted by molar-refractivity contribution is 0.482. The smallest absolute Gasteiger partial charge is 0.127 e. The molecule has 0 aliphatic heterocycles. The summed E-state index contributed by atoms with van der Waals surface area (Å²) < 4.78 is 11.7. The van der Waals surface area contributed by atoms with Gasteiger partial charge < -0.3 is 9.47 Å². The van der Waals surface area contributed by atoms with Gasteiger partial charge in [0.25, 0.3) is 0 Å². The Morgan fingerprint density at radius 2 is 0.857 bits per heavy atom. The molecule has 2 nitrogen and oxygen atoms in total. The predicted octanol–water partition coefficient (Wildman–Crippen LogP) is 7.73. The molecule has 0 aliphatic carbocycles.